The molecule has 0 spiro atoms. The molecule has 0 amide bonds. The molecule has 2 N–H and O–H groups in total. The van der Waals surface area contributed by atoms with Crippen LogP contribution in [0.2, 0.25) is 0 Å². The summed E-state index contributed by atoms with van der Waals surface area (Å²) >= 11 is 0. The van der Waals surface area contributed by atoms with Crippen molar-refractivity contribution in [1.82, 2.24) is 10.2 Å². The SMILES string of the molecule is COCCNCC(O)CN(C)C(C)COC. The fraction of sp³-hybridized carbons (Fsp3) is 1.00. The molecule has 2 unspecified atom stereocenters. The van der Waals surface area contributed by atoms with Gasteiger partial charge in [0.1, 0.15) is 0 Å². The molecular formula is C11H26N2O3. The van der Waals surface area contributed by atoms with E-state index >= 15 is 0 Å². The minimum Gasteiger partial charge on any atom is -0.390 e. The van der Waals surface area contributed by atoms with E-state index in [2.05, 4.69) is 17.1 Å². The van der Waals surface area contributed by atoms with E-state index in [1.807, 2.05) is 7.05 Å². The van der Waals surface area contributed by atoms with Gasteiger partial charge >= 0.3 is 0 Å². The molecule has 0 radical (unpaired) electrons. The zero-order chi connectivity index (χ0) is 12.4. The zero-order valence-electron chi connectivity index (χ0n) is 10.9. The summed E-state index contributed by atoms with van der Waals surface area (Å²) in [5.41, 5.74) is 0. The van der Waals surface area contributed by atoms with Crippen LogP contribution in [0.15, 0.2) is 0 Å². The second kappa shape index (κ2) is 9.99. The van der Waals surface area contributed by atoms with Gasteiger partial charge in [0.05, 0.1) is 19.3 Å². The highest BCUT2D eigenvalue weighted by Crippen LogP contribution is 1.97. The van der Waals surface area contributed by atoms with E-state index in [9.17, 15) is 5.11 Å². The number of likely N-dealkylation sites (N-methyl/N-ethyl adjacent to an activating group) is 1. The second-order valence-corrected chi connectivity index (χ2v) is 4.09. The number of nitrogens with zero attached hydrogens (tertiary/aromatic N) is 1. The van der Waals surface area contributed by atoms with Gasteiger partial charge in [-0.2, -0.15) is 0 Å². The third-order valence-corrected chi connectivity index (χ3v) is 2.52. The van der Waals surface area contributed by atoms with Gasteiger partial charge in [-0.3, -0.25) is 4.90 Å². The molecule has 0 aliphatic carbocycles. The maximum absolute atomic E-state index is 9.75. The first-order chi connectivity index (χ1) is 7.61. The normalized spacial score (nSPS) is 15.4. The van der Waals surface area contributed by atoms with Crippen molar-refractivity contribution in [2.45, 2.75) is 19.1 Å². The van der Waals surface area contributed by atoms with E-state index in [0.717, 1.165) is 6.54 Å². The minimum absolute atomic E-state index is 0.318. The van der Waals surface area contributed by atoms with Gasteiger partial charge in [-0.1, -0.05) is 0 Å². The van der Waals surface area contributed by atoms with Crippen molar-refractivity contribution >= 4 is 0 Å². The van der Waals surface area contributed by atoms with Crippen LogP contribution in [0.25, 0.3) is 0 Å². The van der Waals surface area contributed by atoms with Crippen molar-refractivity contribution in [3.8, 4) is 0 Å². The Morgan fingerprint density at radius 2 is 2.00 bits per heavy atom. The summed E-state index contributed by atoms with van der Waals surface area (Å²) in [6, 6.07) is 0.318. The van der Waals surface area contributed by atoms with Gasteiger partial charge in [0.15, 0.2) is 0 Å². The number of aliphatic hydroxyl groups is 1. The predicted octanol–water partition coefficient (Wildman–Crippen LogP) is -0.450. The van der Waals surface area contributed by atoms with Gasteiger partial charge in [0, 0.05) is 39.9 Å². The lowest BCUT2D eigenvalue weighted by atomic mass is 10.2. The van der Waals surface area contributed by atoms with E-state index in [1.165, 1.54) is 0 Å². The topological polar surface area (TPSA) is 54.0 Å². The summed E-state index contributed by atoms with van der Waals surface area (Å²) in [5.74, 6) is 0. The molecule has 0 bridgehead atoms. The number of ether oxygens (including phenoxy) is 2. The van der Waals surface area contributed by atoms with Crippen LogP contribution in [0.3, 0.4) is 0 Å². The summed E-state index contributed by atoms with van der Waals surface area (Å²) in [6.45, 7) is 5.43. The van der Waals surface area contributed by atoms with E-state index in [0.29, 0.717) is 32.3 Å². The Labute approximate surface area is 98.7 Å². The van der Waals surface area contributed by atoms with Gasteiger partial charge in [-0.05, 0) is 14.0 Å². The molecule has 2 atom stereocenters. The number of rotatable bonds is 10. The summed E-state index contributed by atoms with van der Waals surface area (Å²) in [7, 11) is 5.34. The monoisotopic (exact) mass is 234 g/mol. The average molecular weight is 234 g/mol. The summed E-state index contributed by atoms with van der Waals surface area (Å²) in [5, 5.41) is 12.9. The minimum atomic E-state index is -0.360. The van der Waals surface area contributed by atoms with Crippen molar-refractivity contribution in [3.63, 3.8) is 0 Å². The molecule has 0 saturated heterocycles. The highest BCUT2D eigenvalue weighted by Gasteiger charge is 2.13. The Bertz CT molecular complexity index is 158. The smallest absolute Gasteiger partial charge is 0.0791 e. The lowest BCUT2D eigenvalue weighted by molar-refractivity contribution is 0.0700. The van der Waals surface area contributed by atoms with Gasteiger partial charge in [-0.15, -0.1) is 0 Å². The number of aliphatic hydroxyl groups excluding tert-OH is 1. The van der Waals surface area contributed by atoms with Crippen LogP contribution >= 0.6 is 0 Å². The Kier molecular flexibility index (Phi) is 9.86. The first-order valence-electron chi connectivity index (χ1n) is 5.68. The standard InChI is InChI=1S/C11H26N2O3/c1-10(9-16-4)13(2)8-11(14)7-12-5-6-15-3/h10-12,14H,5-9H2,1-4H3. The summed E-state index contributed by atoms with van der Waals surface area (Å²) < 4.78 is 9.97. The Hall–Kier alpha value is -0.200. The number of hydrogen-bond acceptors (Lipinski definition) is 5. The van der Waals surface area contributed by atoms with Crippen LogP contribution in [0.5, 0.6) is 0 Å². The second-order valence-electron chi connectivity index (χ2n) is 4.09. The molecule has 0 rings (SSSR count). The molecule has 0 aromatic rings. The van der Waals surface area contributed by atoms with Gasteiger partial charge in [0.25, 0.3) is 0 Å². The number of hydrogen-bond donors (Lipinski definition) is 2. The van der Waals surface area contributed by atoms with Gasteiger partial charge in [-0.25, -0.2) is 0 Å². The Balaban J connectivity index is 3.56. The van der Waals surface area contributed by atoms with Crippen molar-refractivity contribution in [3.05, 3.63) is 0 Å². The van der Waals surface area contributed by atoms with Crippen LogP contribution < -0.4 is 5.32 Å². The molecule has 5 nitrogen and oxygen atoms in total. The average Bonchev–Trinajstić information content (AvgIpc) is 2.24. The molecule has 0 aromatic carbocycles. The highest BCUT2D eigenvalue weighted by molar-refractivity contribution is 4.68. The predicted molar refractivity (Wildman–Crippen MR) is 64.7 cm³/mol. The zero-order valence-corrected chi connectivity index (χ0v) is 10.9. The van der Waals surface area contributed by atoms with Crippen LogP contribution in [0.1, 0.15) is 6.92 Å². The maximum Gasteiger partial charge on any atom is 0.0791 e. The first kappa shape index (κ1) is 15.8. The molecule has 0 fully saturated rings. The largest absolute Gasteiger partial charge is 0.390 e. The molecular weight excluding hydrogens is 208 g/mol. The molecule has 0 aliphatic rings. The maximum atomic E-state index is 9.75. The van der Waals surface area contributed by atoms with Crippen LogP contribution in [-0.2, 0) is 9.47 Å². The van der Waals surface area contributed by atoms with Crippen molar-refractivity contribution < 1.29 is 14.6 Å². The summed E-state index contributed by atoms with van der Waals surface area (Å²) in [6.07, 6.45) is -0.360. The summed E-state index contributed by atoms with van der Waals surface area (Å²) in [4.78, 5) is 2.09. The van der Waals surface area contributed by atoms with Crippen molar-refractivity contribution in [1.29, 1.82) is 0 Å². The van der Waals surface area contributed by atoms with E-state index in [1.54, 1.807) is 14.2 Å². The van der Waals surface area contributed by atoms with E-state index in [4.69, 9.17) is 9.47 Å². The first-order valence-corrected chi connectivity index (χ1v) is 5.68. The molecule has 0 saturated carbocycles. The van der Waals surface area contributed by atoms with Crippen molar-refractivity contribution in [2.24, 2.45) is 0 Å². The van der Waals surface area contributed by atoms with Gasteiger partial charge in [0.2, 0.25) is 0 Å². The molecule has 0 heterocycles. The molecule has 0 aliphatic heterocycles. The van der Waals surface area contributed by atoms with Crippen molar-refractivity contribution in [2.75, 3.05) is 54.1 Å². The number of methoxy groups -OCH3 is 2. The lowest BCUT2D eigenvalue weighted by Crippen LogP contribution is -2.42. The number of nitrogens with one attached hydrogen (secondary N) is 1. The molecule has 0 aromatic heterocycles. The Morgan fingerprint density at radius 3 is 2.56 bits per heavy atom. The van der Waals surface area contributed by atoms with Gasteiger partial charge < -0.3 is 19.9 Å². The third-order valence-electron chi connectivity index (χ3n) is 2.52. The molecule has 98 valence electrons. The quantitative estimate of drug-likeness (QED) is 0.502. The lowest BCUT2D eigenvalue weighted by Gasteiger charge is -2.26. The van der Waals surface area contributed by atoms with E-state index < -0.39 is 0 Å². The fourth-order valence-electron chi connectivity index (χ4n) is 1.39. The molecule has 5 heteroatoms. The fourth-order valence-corrected chi connectivity index (χ4v) is 1.39. The third kappa shape index (κ3) is 8.01. The Morgan fingerprint density at radius 1 is 1.31 bits per heavy atom. The highest BCUT2D eigenvalue weighted by atomic mass is 16.5. The van der Waals surface area contributed by atoms with E-state index in [-0.39, 0.29) is 6.10 Å². The molecule has 16 heavy (non-hydrogen) atoms. The van der Waals surface area contributed by atoms with Crippen LogP contribution in [0.4, 0.5) is 0 Å². The van der Waals surface area contributed by atoms with Crippen LogP contribution in [-0.4, -0.2) is 76.3 Å². The van der Waals surface area contributed by atoms with Crippen LogP contribution in [0, 0.1) is 0 Å².